The lowest BCUT2D eigenvalue weighted by atomic mass is 10.1. The first kappa shape index (κ1) is 13.5. The first-order valence-corrected chi connectivity index (χ1v) is 5.90. The lowest BCUT2D eigenvalue weighted by molar-refractivity contribution is -0.122. The number of carbonyl (C=O) groups is 1. The van der Waals surface area contributed by atoms with Crippen molar-refractivity contribution in [2.45, 2.75) is 32.2 Å². The Labute approximate surface area is 102 Å². The smallest absolute Gasteiger partial charge is 0.220 e. The molecular weight excluding hydrogens is 216 g/mol. The van der Waals surface area contributed by atoms with Crippen LogP contribution < -0.4 is 11.1 Å². The SMILES string of the molecule is CCC(CO)NC(=O)CCc1cccc(N)c1. The zero-order chi connectivity index (χ0) is 12.7. The number of carbonyl (C=O) groups excluding carboxylic acids is 1. The third kappa shape index (κ3) is 4.87. The summed E-state index contributed by atoms with van der Waals surface area (Å²) in [6.07, 6.45) is 1.82. The van der Waals surface area contributed by atoms with Crippen LogP contribution in [0.25, 0.3) is 0 Å². The van der Waals surface area contributed by atoms with Crippen LogP contribution in [0.15, 0.2) is 24.3 Å². The fourth-order valence-corrected chi connectivity index (χ4v) is 1.58. The van der Waals surface area contributed by atoms with Crippen molar-refractivity contribution >= 4 is 11.6 Å². The van der Waals surface area contributed by atoms with Crippen molar-refractivity contribution in [3.63, 3.8) is 0 Å². The molecule has 4 nitrogen and oxygen atoms in total. The number of aliphatic hydroxyl groups is 1. The fraction of sp³-hybridized carbons (Fsp3) is 0.462. The largest absolute Gasteiger partial charge is 0.399 e. The van der Waals surface area contributed by atoms with Crippen molar-refractivity contribution in [1.29, 1.82) is 0 Å². The Morgan fingerprint density at radius 1 is 1.53 bits per heavy atom. The molecule has 0 saturated carbocycles. The highest BCUT2D eigenvalue weighted by Gasteiger charge is 2.08. The molecular formula is C13H20N2O2. The normalized spacial score (nSPS) is 12.1. The second-order valence-corrected chi connectivity index (χ2v) is 4.10. The maximum atomic E-state index is 11.6. The number of hydrogen-bond acceptors (Lipinski definition) is 3. The number of nitrogen functional groups attached to an aromatic ring is 1. The van der Waals surface area contributed by atoms with E-state index >= 15 is 0 Å². The van der Waals surface area contributed by atoms with Crippen molar-refractivity contribution in [2.75, 3.05) is 12.3 Å². The van der Waals surface area contributed by atoms with E-state index in [9.17, 15) is 4.79 Å². The van der Waals surface area contributed by atoms with Crippen molar-refractivity contribution < 1.29 is 9.90 Å². The average Bonchev–Trinajstić information content (AvgIpc) is 2.33. The minimum Gasteiger partial charge on any atom is -0.399 e. The van der Waals surface area contributed by atoms with Crippen LogP contribution in [0.3, 0.4) is 0 Å². The molecule has 17 heavy (non-hydrogen) atoms. The van der Waals surface area contributed by atoms with Gasteiger partial charge in [-0.2, -0.15) is 0 Å². The van der Waals surface area contributed by atoms with E-state index in [2.05, 4.69) is 5.32 Å². The number of nitrogens with two attached hydrogens (primary N) is 1. The highest BCUT2D eigenvalue weighted by atomic mass is 16.3. The van der Waals surface area contributed by atoms with Crippen LogP contribution in [0.1, 0.15) is 25.3 Å². The Hall–Kier alpha value is -1.55. The predicted molar refractivity (Wildman–Crippen MR) is 68.5 cm³/mol. The summed E-state index contributed by atoms with van der Waals surface area (Å²) in [6.45, 7) is 1.92. The maximum absolute atomic E-state index is 11.6. The van der Waals surface area contributed by atoms with E-state index in [0.717, 1.165) is 12.0 Å². The Bertz CT molecular complexity index is 362. The number of benzene rings is 1. The third-order valence-electron chi connectivity index (χ3n) is 2.67. The quantitative estimate of drug-likeness (QED) is 0.647. The summed E-state index contributed by atoms with van der Waals surface area (Å²) >= 11 is 0. The molecule has 0 aliphatic rings. The molecule has 0 saturated heterocycles. The lowest BCUT2D eigenvalue weighted by Crippen LogP contribution is -2.37. The standard InChI is InChI=1S/C13H20N2O2/c1-2-12(9-16)15-13(17)7-6-10-4-3-5-11(14)8-10/h3-5,8,12,16H,2,6-7,9,14H2,1H3,(H,15,17). The molecule has 0 aliphatic carbocycles. The van der Waals surface area contributed by atoms with Gasteiger partial charge in [0.2, 0.25) is 5.91 Å². The molecule has 0 radical (unpaired) electrons. The number of aliphatic hydroxyl groups excluding tert-OH is 1. The molecule has 1 atom stereocenters. The number of anilines is 1. The summed E-state index contributed by atoms with van der Waals surface area (Å²) in [7, 11) is 0. The molecule has 1 rings (SSSR count). The number of aryl methyl sites for hydroxylation is 1. The van der Waals surface area contributed by atoms with Gasteiger partial charge in [0.25, 0.3) is 0 Å². The molecule has 1 aromatic carbocycles. The highest BCUT2D eigenvalue weighted by molar-refractivity contribution is 5.76. The van der Waals surface area contributed by atoms with Crippen LogP contribution in [0.4, 0.5) is 5.69 Å². The predicted octanol–water partition coefficient (Wildman–Crippen LogP) is 1.09. The zero-order valence-corrected chi connectivity index (χ0v) is 10.1. The van der Waals surface area contributed by atoms with Gasteiger partial charge >= 0.3 is 0 Å². The zero-order valence-electron chi connectivity index (χ0n) is 10.1. The molecule has 0 aromatic heterocycles. The molecule has 94 valence electrons. The van der Waals surface area contributed by atoms with Gasteiger partial charge in [0.05, 0.1) is 12.6 Å². The van der Waals surface area contributed by atoms with Crippen molar-refractivity contribution in [3.8, 4) is 0 Å². The number of rotatable bonds is 6. The minimum absolute atomic E-state index is 0.0134. The first-order chi connectivity index (χ1) is 8.15. The minimum atomic E-state index is -0.136. The summed E-state index contributed by atoms with van der Waals surface area (Å²) < 4.78 is 0. The van der Waals surface area contributed by atoms with Crippen LogP contribution in [0.5, 0.6) is 0 Å². The second kappa shape index (κ2) is 6.91. The molecule has 0 heterocycles. The van der Waals surface area contributed by atoms with E-state index < -0.39 is 0 Å². The fourth-order valence-electron chi connectivity index (χ4n) is 1.58. The van der Waals surface area contributed by atoms with E-state index in [1.807, 2.05) is 31.2 Å². The van der Waals surface area contributed by atoms with Gasteiger partial charge in [0.1, 0.15) is 0 Å². The van der Waals surface area contributed by atoms with Crippen molar-refractivity contribution in [2.24, 2.45) is 0 Å². The third-order valence-corrected chi connectivity index (χ3v) is 2.67. The molecule has 1 aromatic rings. The number of hydrogen-bond donors (Lipinski definition) is 3. The molecule has 0 aliphatic heterocycles. The van der Waals surface area contributed by atoms with Gasteiger partial charge in [-0.25, -0.2) is 0 Å². The van der Waals surface area contributed by atoms with Gasteiger partial charge in [-0.1, -0.05) is 19.1 Å². The van der Waals surface area contributed by atoms with E-state index in [-0.39, 0.29) is 18.6 Å². The maximum Gasteiger partial charge on any atom is 0.220 e. The van der Waals surface area contributed by atoms with Gasteiger partial charge in [-0.05, 0) is 30.5 Å². The lowest BCUT2D eigenvalue weighted by Gasteiger charge is -2.13. The van der Waals surface area contributed by atoms with Gasteiger partial charge < -0.3 is 16.2 Å². The van der Waals surface area contributed by atoms with Gasteiger partial charge in [-0.3, -0.25) is 4.79 Å². The number of amides is 1. The molecule has 4 heteroatoms. The summed E-state index contributed by atoms with van der Waals surface area (Å²) in [5, 5.41) is 11.7. The molecule has 4 N–H and O–H groups in total. The molecule has 1 amide bonds. The second-order valence-electron chi connectivity index (χ2n) is 4.10. The first-order valence-electron chi connectivity index (χ1n) is 5.90. The van der Waals surface area contributed by atoms with E-state index in [0.29, 0.717) is 18.5 Å². The Morgan fingerprint density at radius 2 is 2.29 bits per heavy atom. The summed E-state index contributed by atoms with van der Waals surface area (Å²) in [5.74, 6) is -0.0340. The topological polar surface area (TPSA) is 75.3 Å². The molecule has 0 bridgehead atoms. The molecule has 1 unspecified atom stereocenters. The van der Waals surface area contributed by atoms with Crippen LogP contribution in [-0.4, -0.2) is 23.7 Å². The Kier molecular flexibility index (Phi) is 5.49. The van der Waals surface area contributed by atoms with Crippen molar-refractivity contribution in [1.82, 2.24) is 5.32 Å². The summed E-state index contributed by atoms with van der Waals surface area (Å²) in [4.78, 5) is 11.6. The van der Waals surface area contributed by atoms with Crippen LogP contribution in [0, 0.1) is 0 Å². The van der Waals surface area contributed by atoms with Crippen molar-refractivity contribution in [3.05, 3.63) is 29.8 Å². The van der Waals surface area contributed by atoms with Gasteiger partial charge in [0.15, 0.2) is 0 Å². The summed E-state index contributed by atoms with van der Waals surface area (Å²) in [6, 6.07) is 7.39. The Morgan fingerprint density at radius 3 is 2.88 bits per heavy atom. The number of nitrogens with one attached hydrogen (secondary N) is 1. The van der Waals surface area contributed by atoms with Crippen LogP contribution >= 0.6 is 0 Å². The Balaban J connectivity index is 2.38. The highest BCUT2D eigenvalue weighted by Crippen LogP contribution is 2.08. The molecule has 0 fully saturated rings. The van der Waals surface area contributed by atoms with E-state index in [1.165, 1.54) is 0 Å². The van der Waals surface area contributed by atoms with Crippen LogP contribution in [-0.2, 0) is 11.2 Å². The van der Waals surface area contributed by atoms with E-state index in [1.54, 1.807) is 0 Å². The summed E-state index contributed by atoms with van der Waals surface area (Å²) in [5.41, 5.74) is 7.42. The van der Waals surface area contributed by atoms with Gasteiger partial charge in [0, 0.05) is 12.1 Å². The monoisotopic (exact) mass is 236 g/mol. The average molecular weight is 236 g/mol. The molecule has 0 spiro atoms. The van der Waals surface area contributed by atoms with Crippen LogP contribution in [0.2, 0.25) is 0 Å². The van der Waals surface area contributed by atoms with Gasteiger partial charge in [-0.15, -0.1) is 0 Å². The van der Waals surface area contributed by atoms with E-state index in [4.69, 9.17) is 10.8 Å².